The van der Waals surface area contributed by atoms with Gasteiger partial charge in [-0.05, 0) is 53.6 Å². The fraction of sp³-hybridized carbons (Fsp3) is 0.375. The van der Waals surface area contributed by atoms with Crippen LogP contribution in [0.5, 0.6) is 0 Å². The highest BCUT2D eigenvalue weighted by molar-refractivity contribution is 5.94. The first-order valence-corrected chi connectivity index (χ1v) is 10.2. The van der Waals surface area contributed by atoms with Crippen molar-refractivity contribution in [2.24, 2.45) is 11.7 Å². The third-order valence-corrected chi connectivity index (χ3v) is 5.75. The van der Waals surface area contributed by atoms with Crippen molar-refractivity contribution in [3.8, 4) is 11.1 Å². The van der Waals surface area contributed by atoms with Crippen LogP contribution in [0.15, 0.2) is 60.8 Å². The molecule has 5 heteroatoms. The summed E-state index contributed by atoms with van der Waals surface area (Å²) in [7, 11) is 1.99. The van der Waals surface area contributed by atoms with E-state index in [-0.39, 0.29) is 12.5 Å². The van der Waals surface area contributed by atoms with Gasteiger partial charge in [0.15, 0.2) is 0 Å². The van der Waals surface area contributed by atoms with Crippen LogP contribution >= 0.6 is 0 Å². The van der Waals surface area contributed by atoms with Crippen molar-refractivity contribution >= 4 is 5.91 Å². The number of aliphatic hydroxyl groups is 1. The summed E-state index contributed by atoms with van der Waals surface area (Å²) in [5, 5.41) is 9.26. The van der Waals surface area contributed by atoms with E-state index in [2.05, 4.69) is 29.7 Å². The van der Waals surface area contributed by atoms with E-state index in [0.717, 1.165) is 49.3 Å². The van der Waals surface area contributed by atoms with Gasteiger partial charge in [-0.2, -0.15) is 0 Å². The molecule has 0 atom stereocenters. The molecule has 0 aliphatic carbocycles. The summed E-state index contributed by atoms with van der Waals surface area (Å²) in [5.41, 5.74) is 10.7. The van der Waals surface area contributed by atoms with Gasteiger partial charge in [-0.25, -0.2) is 0 Å². The Hall–Kier alpha value is -2.63. The van der Waals surface area contributed by atoms with E-state index in [1.54, 1.807) is 0 Å². The van der Waals surface area contributed by atoms with Crippen molar-refractivity contribution in [1.29, 1.82) is 0 Å². The third-order valence-electron chi connectivity index (χ3n) is 5.75. The van der Waals surface area contributed by atoms with Gasteiger partial charge in [-0.3, -0.25) is 4.79 Å². The molecule has 1 aliphatic rings. The zero-order valence-electron chi connectivity index (χ0n) is 17.2. The molecule has 1 aliphatic heterocycles. The molecule has 2 aromatic carbocycles. The Morgan fingerprint density at radius 3 is 2.48 bits per heavy atom. The lowest BCUT2D eigenvalue weighted by atomic mass is 9.97. The van der Waals surface area contributed by atoms with Gasteiger partial charge in [0, 0.05) is 51.1 Å². The summed E-state index contributed by atoms with van der Waals surface area (Å²) in [5.74, 6) is 0.401. The van der Waals surface area contributed by atoms with E-state index in [1.165, 1.54) is 5.56 Å². The standard InChI is InChI=1S/C24H31N3O2/c1-18(15-25)26(2)16-20-4-3-5-23(14-20)21-6-8-22(9-7-21)24(29)27-12-10-19(17-28)11-13-27/h3-9,14,19,28H,1,10-13,15-17,25H2,2H3. The SMILES string of the molecule is C=C(CN)N(C)Cc1cccc(-c2ccc(C(=O)N3CCC(CO)CC3)cc2)c1. The van der Waals surface area contributed by atoms with Crippen molar-refractivity contribution in [2.75, 3.05) is 33.3 Å². The van der Waals surface area contributed by atoms with Crippen molar-refractivity contribution in [3.05, 3.63) is 71.9 Å². The van der Waals surface area contributed by atoms with Gasteiger partial charge in [-0.1, -0.05) is 36.9 Å². The molecule has 3 rings (SSSR count). The first-order chi connectivity index (χ1) is 14.0. The van der Waals surface area contributed by atoms with Crippen molar-refractivity contribution in [3.63, 3.8) is 0 Å². The van der Waals surface area contributed by atoms with Gasteiger partial charge >= 0.3 is 0 Å². The van der Waals surface area contributed by atoms with Gasteiger partial charge in [0.25, 0.3) is 5.91 Å². The third kappa shape index (κ3) is 5.25. The number of carbonyl (C=O) groups is 1. The topological polar surface area (TPSA) is 69.8 Å². The number of carbonyl (C=O) groups excluding carboxylic acids is 1. The summed E-state index contributed by atoms with van der Waals surface area (Å²) in [6.07, 6.45) is 1.75. The lowest BCUT2D eigenvalue weighted by Gasteiger charge is -2.31. The second kappa shape index (κ2) is 9.72. The van der Waals surface area contributed by atoms with Crippen LogP contribution in [0, 0.1) is 5.92 Å². The lowest BCUT2D eigenvalue weighted by molar-refractivity contribution is 0.0651. The summed E-state index contributed by atoms with van der Waals surface area (Å²) in [6.45, 7) is 6.83. The highest BCUT2D eigenvalue weighted by atomic mass is 16.3. The van der Waals surface area contributed by atoms with Crippen LogP contribution in [0.3, 0.4) is 0 Å². The molecule has 0 spiro atoms. The molecule has 1 heterocycles. The summed E-state index contributed by atoms with van der Waals surface area (Å²) in [6, 6.07) is 16.2. The van der Waals surface area contributed by atoms with Gasteiger partial charge in [0.2, 0.25) is 0 Å². The van der Waals surface area contributed by atoms with Crippen LogP contribution < -0.4 is 5.73 Å². The Morgan fingerprint density at radius 1 is 1.17 bits per heavy atom. The first-order valence-electron chi connectivity index (χ1n) is 10.2. The fourth-order valence-corrected chi connectivity index (χ4v) is 3.70. The molecular weight excluding hydrogens is 362 g/mol. The number of nitrogens with two attached hydrogens (primary N) is 1. The molecule has 29 heavy (non-hydrogen) atoms. The molecule has 0 aromatic heterocycles. The minimum Gasteiger partial charge on any atom is -0.396 e. The second-order valence-electron chi connectivity index (χ2n) is 7.82. The van der Waals surface area contributed by atoms with Crippen molar-refractivity contribution < 1.29 is 9.90 Å². The number of piperidine rings is 1. The number of rotatable bonds is 7. The van der Waals surface area contributed by atoms with E-state index >= 15 is 0 Å². The van der Waals surface area contributed by atoms with Crippen LogP contribution in [0.25, 0.3) is 11.1 Å². The van der Waals surface area contributed by atoms with Crippen LogP contribution in [-0.2, 0) is 6.54 Å². The number of benzene rings is 2. The number of amides is 1. The fourth-order valence-electron chi connectivity index (χ4n) is 3.70. The quantitative estimate of drug-likeness (QED) is 0.758. The highest BCUT2D eigenvalue weighted by Crippen LogP contribution is 2.23. The number of nitrogens with zero attached hydrogens (tertiary/aromatic N) is 2. The van der Waals surface area contributed by atoms with Gasteiger partial charge in [-0.15, -0.1) is 0 Å². The average Bonchev–Trinajstić information content (AvgIpc) is 2.78. The summed E-state index contributed by atoms with van der Waals surface area (Å²) in [4.78, 5) is 16.7. The van der Waals surface area contributed by atoms with Gasteiger partial charge in [0.05, 0.1) is 0 Å². The van der Waals surface area contributed by atoms with E-state index in [9.17, 15) is 9.90 Å². The minimum atomic E-state index is 0.0728. The predicted octanol–water partition coefficient (Wildman–Crippen LogP) is 3.10. The predicted molar refractivity (Wildman–Crippen MR) is 117 cm³/mol. The molecule has 0 bridgehead atoms. The van der Waals surface area contributed by atoms with Crippen molar-refractivity contribution in [1.82, 2.24) is 9.80 Å². The molecule has 1 saturated heterocycles. The van der Waals surface area contributed by atoms with Crippen LogP contribution in [0.2, 0.25) is 0 Å². The highest BCUT2D eigenvalue weighted by Gasteiger charge is 2.23. The van der Waals surface area contributed by atoms with Gasteiger partial charge in [0.1, 0.15) is 0 Å². The van der Waals surface area contributed by atoms with E-state index in [0.29, 0.717) is 18.0 Å². The molecule has 0 saturated carbocycles. The van der Waals surface area contributed by atoms with Gasteiger partial charge < -0.3 is 20.6 Å². The second-order valence-corrected chi connectivity index (χ2v) is 7.82. The Bertz CT molecular complexity index is 839. The molecule has 0 unspecified atom stereocenters. The molecule has 1 fully saturated rings. The van der Waals surface area contributed by atoms with E-state index in [4.69, 9.17) is 5.73 Å². The molecule has 1 amide bonds. The normalized spacial score (nSPS) is 14.7. The summed E-state index contributed by atoms with van der Waals surface area (Å²) >= 11 is 0. The molecule has 2 aromatic rings. The van der Waals surface area contributed by atoms with E-state index in [1.807, 2.05) is 42.3 Å². The number of aliphatic hydroxyl groups excluding tert-OH is 1. The molecular formula is C24H31N3O2. The Kier molecular flexibility index (Phi) is 7.07. The molecule has 154 valence electrons. The number of likely N-dealkylation sites (tertiary alicyclic amines) is 1. The maximum Gasteiger partial charge on any atom is 0.253 e. The minimum absolute atomic E-state index is 0.0728. The summed E-state index contributed by atoms with van der Waals surface area (Å²) < 4.78 is 0. The zero-order valence-corrected chi connectivity index (χ0v) is 17.2. The molecule has 3 N–H and O–H groups in total. The van der Waals surface area contributed by atoms with E-state index < -0.39 is 0 Å². The molecule has 5 nitrogen and oxygen atoms in total. The maximum absolute atomic E-state index is 12.7. The number of likely N-dealkylation sites (N-methyl/N-ethyl adjacent to an activating group) is 1. The largest absolute Gasteiger partial charge is 0.396 e. The Balaban J connectivity index is 1.68. The maximum atomic E-state index is 12.7. The lowest BCUT2D eigenvalue weighted by Crippen LogP contribution is -2.39. The average molecular weight is 394 g/mol. The molecule has 0 radical (unpaired) electrons. The van der Waals surface area contributed by atoms with Crippen molar-refractivity contribution in [2.45, 2.75) is 19.4 Å². The van der Waals surface area contributed by atoms with Crippen LogP contribution in [0.1, 0.15) is 28.8 Å². The monoisotopic (exact) mass is 393 g/mol. The number of hydrogen-bond donors (Lipinski definition) is 2. The van der Waals surface area contributed by atoms with Crippen LogP contribution in [-0.4, -0.2) is 54.1 Å². The first kappa shape index (κ1) is 21.1. The Morgan fingerprint density at radius 2 is 1.86 bits per heavy atom. The van der Waals surface area contributed by atoms with Crippen LogP contribution in [0.4, 0.5) is 0 Å². The Labute approximate surface area is 173 Å². The number of hydrogen-bond acceptors (Lipinski definition) is 4. The smallest absolute Gasteiger partial charge is 0.253 e. The zero-order chi connectivity index (χ0) is 20.8.